The molecule has 0 atom stereocenters. The number of Topliss-reactive ketones (excluding diaryl/α,β-unsaturated/α-hetero) is 2. The molecular formula is C23H36O4. The third-order valence-corrected chi connectivity index (χ3v) is 5.06. The van der Waals surface area contributed by atoms with Crippen molar-refractivity contribution in [3.63, 3.8) is 0 Å². The summed E-state index contributed by atoms with van der Waals surface area (Å²) in [7, 11) is 1.38. The zero-order valence-electron chi connectivity index (χ0n) is 17.3. The summed E-state index contributed by atoms with van der Waals surface area (Å²) in [5.41, 5.74) is 0.390. The van der Waals surface area contributed by atoms with Crippen molar-refractivity contribution in [2.75, 3.05) is 7.11 Å². The first-order chi connectivity index (χ1) is 13.0. The number of ether oxygens (including phenoxy) is 1. The smallest absolute Gasteiger partial charge is 0.227 e. The van der Waals surface area contributed by atoms with Crippen molar-refractivity contribution < 1.29 is 19.4 Å². The van der Waals surface area contributed by atoms with Crippen LogP contribution in [0.5, 0.6) is 0 Å². The second-order valence-corrected chi connectivity index (χ2v) is 7.27. The van der Waals surface area contributed by atoms with Crippen LogP contribution in [0.2, 0.25) is 0 Å². The van der Waals surface area contributed by atoms with Crippen LogP contribution in [-0.4, -0.2) is 23.8 Å². The van der Waals surface area contributed by atoms with E-state index in [4.69, 9.17) is 4.74 Å². The summed E-state index contributed by atoms with van der Waals surface area (Å²) in [6.45, 7) is 3.72. The van der Waals surface area contributed by atoms with Gasteiger partial charge >= 0.3 is 0 Å². The molecule has 152 valence electrons. The van der Waals surface area contributed by atoms with Gasteiger partial charge in [-0.05, 0) is 39.0 Å². The Kier molecular flexibility index (Phi) is 11.5. The number of carbonyl (C=O) groups excluding carboxylic acids is 2. The van der Waals surface area contributed by atoms with Crippen molar-refractivity contribution in [2.45, 2.75) is 90.9 Å². The number of carbonyl (C=O) groups is 2. The first-order valence-corrected chi connectivity index (χ1v) is 10.5. The van der Waals surface area contributed by atoms with Gasteiger partial charge in [0.05, 0.1) is 7.11 Å². The number of methoxy groups -OCH3 is 1. The van der Waals surface area contributed by atoms with E-state index in [1.54, 1.807) is 0 Å². The maximum atomic E-state index is 12.3. The standard InChI is InChI=1S/C23H36O4/c1-4-5-6-7-8-9-10-11-12-13-14-15-16-17-19-21(25)20(24)18(2)23(27-3)22(19)26/h7-8,25H,4-6,9-17H2,1-3H3. The van der Waals surface area contributed by atoms with Crippen LogP contribution in [0, 0.1) is 0 Å². The Morgan fingerprint density at radius 3 is 2.00 bits per heavy atom. The van der Waals surface area contributed by atoms with E-state index in [1.807, 2.05) is 0 Å². The lowest BCUT2D eigenvalue weighted by molar-refractivity contribution is -0.120. The van der Waals surface area contributed by atoms with Gasteiger partial charge in [-0.1, -0.05) is 64.0 Å². The second kappa shape index (κ2) is 13.3. The Bertz CT molecular complexity index is 581. The van der Waals surface area contributed by atoms with Crippen LogP contribution in [0.15, 0.2) is 34.8 Å². The van der Waals surface area contributed by atoms with Crippen molar-refractivity contribution in [3.05, 3.63) is 34.8 Å². The van der Waals surface area contributed by atoms with Crippen molar-refractivity contribution in [1.29, 1.82) is 0 Å². The zero-order valence-corrected chi connectivity index (χ0v) is 17.3. The monoisotopic (exact) mass is 376 g/mol. The molecule has 0 aliphatic heterocycles. The Morgan fingerprint density at radius 1 is 0.852 bits per heavy atom. The van der Waals surface area contributed by atoms with Crippen molar-refractivity contribution in [3.8, 4) is 0 Å². The molecule has 0 aromatic heterocycles. The van der Waals surface area contributed by atoms with Gasteiger partial charge in [-0.3, -0.25) is 9.59 Å². The van der Waals surface area contributed by atoms with E-state index < -0.39 is 11.5 Å². The summed E-state index contributed by atoms with van der Waals surface area (Å²) in [5, 5.41) is 10.00. The molecular weight excluding hydrogens is 340 g/mol. The molecule has 1 aliphatic rings. The molecule has 0 aromatic rings. The van der Waals surface area contributed by atoms with Gasteiger partial charge in [-0.25, -0.2) is 0 Å². The lowest BCUT2D eigenvalue weighted by Gasteiger charge is -2.18. The molecule has 1 aliphatic carbocycles. The number of aliphatic hydroxyl groups excluding tert-OH is 1. The maximum Gasteiger partial charge on any atom is 0.227 e. The lowest BCUT2D eigenvalue weighted by Crippen LogP contribution is -2.24. The highest BCUT2D eigenvalue weighted by atomic mass is 16.5. The summed E-state index contributed by atoms with van der Waals surface area (Å²) in [6.07, 6.45) is 17.8. The topological polar surface area (TPSA) is 63.6 Å². The number of aliphatic hydroxyl groups is 1. The fourth-order valence-electron chi connectivity index (χ4n) is 3.32. The van der Waals surface area contributed by atoms with E-state index in [2.05, 4.69) is 19.1 Å². The fraction of sp³-hybridized carbons (Fsp3) is 0.652. The molecule has 0 heterocycles. The van der Waals surface area contributed by atoms with Gasteiger partial charge < -0.3 is 9.84 Å². The molecule has 0 saturated heterocycles. The SMILES string of the molecule is CCCCC=CCCCCCCCCCC1=C(O)C(=O)C(C)=C(OC)C1=O. The molecule has 1 rings (SSSR count). The summed E-state index contributed by atoms with van der Waals surface area (Å²) in [6, 6.07) is 0. The van der Waals surface area contributed by atoms with Gasteiger partial charge in [0.25, 0.3) is 0 Å². The van der Waals surface area contributed by atoms with E-state index in [0.29, 0.717) is 6.42 Å². The third-order valence-electron chi connectivity index (χ3n) is 5.06. The van der Waals surface area contributed by atoms with E-state index in [0.717, 1.165) is 19.3 Å². The summed E-state index contributed by atoms with van der Waals surface area (Å²) in [5.74, 6) is -1.17. The normalized spacial score (nSPS) is 15.4. The number of ketones is 2. The fourth-order valence-corrected chi connectivity index (χ4v) is 3.32. The van der Waals surface area contributed by atoms with Gasteiger partial charge in [0.15, 0.2) is 11.5 Å². The average molecular weight is 377 g/mol. The number of unbranched alkanes of at least 4 members (excludes halogenated alkanes) is 9. The first kappa shape index (κ1) is 23.2. The Balaban J connectivity index is 2.16. The molecule has 0 aromatic carbocycles. The van der Waals surface area contributed by atoms with Crippen LogP contribution < -0.4 is 0 Å². The number of hydrogen-bond donors (Lipinski definition) is 1. The second-order valence-electron chi connectivity index (χ2n) is 7.27. The average Bonchev–Trinajstić information content (AvgIpc) is 2.66. The van der Waals surface area contributed by atoms with E-state index in [1.165, 1.54) is 65.4 Å². The highest BCUT2D eigenvalue weighted by molar-refractivity contribution is 6.23. The molecule has 4 heteroatoms. The number of hydrogen-bond acceptors (Lipinski definition) is 4. The highest BCUT2D eigenvalue weighted by Crippen LogP contribution is 2.27. The Labute approximate surface area is 164 Å². The van der Waals surface area contributed by atoms with Crippen molar-refractivity contribution in [1.82, 2.24) is 0 Å². The highest BCUT2D eigenvalue weighted by Gasteiger charge is 2.32. The molecule has 0 radical (unpaired) electrons. The van der Waals surface area contributed by atoms with Crippen LogP contribution in [-0.2, 0) is 14.3 Å². The largest absolute Gasteiger partial charge is 0.504 e. The number of allylic oxidation sites excluding steroid dienone is 4. The molecule has 0 fully saturated rings. The van der Waals surface area contributed by atoms with Crippen LogP contribution in [0.1, 0.15) is 90.9 Å². The van der Waals surface area contributed by atoms with Gasteiger partial charge in [0.1, 0.15) is 0 Å². The third kappa shape index (κ3) is 7.74. The van der Waals surface area contributed by atoms with E-state index in [-0.39, 0.29) is 22.7 Å². The minimum atomic E-state index is -0.495. The molecule has 0 bridgehead atoms. The number of rotatable bonds is 14. The van der Waals surface area contributed by atoms with Crippen molar-refractivity contribution in [2.24, 2.45) is 0 Å². The van der Waals surface area contributed by atoms with Gasteiger partial charge in [0, 0.05) is 11.1 Å². The molecule has 27 heavy (non-hydrogen) atoms. The molecule has 0 spiro atoms. The van der Waals surface area contributed by atoms with E-state index in [9.17, 15) is 14.7 Å². The van der Waals surface area contributed by atoms with Crippen molar-refractivity contribution >= 4 is 11.6 Å². The Morgan fingerprint density at radius 2 is 1.41 bits per heavy atom. The Hall–Kier alpha value is -1.84. The van der Waals surface area contributed by atoms with Gasteiger partial charge in [-0.15, -0.1) is 0 Å². The molecule has 0 amide bonds. The molecule has 0 saturated carbocycles. The predicted molar refractivity (Wildman–Crippen MR) is 110 cm³/mol. The minimum Gasteiger partial charge on any atom is -0.504 e. The van der Waals surface area contributed by atoms with Crippen LogP contribution in [0.3, 0.4) is 0 Å². The lowest BCUT2D eigenvalue weighted by atomic mass is 9.91. The summed E-state index contributed by atoms with van der Waals surface area (Å²) in [4.78, 5) is 24.3. The summed E-state index contributed by atoms with van der Waals surface area (Å²) >= 11 is 0. The quantitative estimate of drug-likeness (QED) is 0.225. The maximum absolute atomic E-state index is 12.3. The minimum absolute atomic E-state index is 0.0662. The molecule has 4 nitrogen and oxygen atoms in total. The van der Waals surface area contributed by atoms with Crippen LogP contribution >= 0.6 is 0 Å². The first-order valence-electron chi connectivity index (χ1n) is 10.5. The molecule has 0 unspecified atom stereocenters. The van der Waals surface area contributed by atoms with E-state index >= 15 is 0 Å². The predicted octanol–water partition coefficient (Wildman–Crippen LogP) is 6.13. The summed E-state index contributed by atoms with van der Waals surface area (Å²) < 4.78 is 5.04. The zero-order chi connectivity index (χ0) is 20.1. The van der Waals surface area contributed by atoms with Crippen LogP contribution in [0.25, 0.3) is 0 Å². The van der Waals surface area contributed by atoms with Crippen LogP contribution in [0.4, 0.5) is 0 Å². The van der Waals surface area contributed by atoms with Gasteiger partial charge in [-0.2, -0.15) is 0 Å². The molecule has 1 N–H and O–H groups in total. The van der Waals surface area contributed by atoms with Gasteiger partial charge in [0.2, 0.25) is 11.6 Å².